The minimum absolute atomic E-state index is 0.133. The molecule has 0 amide bonds. The van der Waals surface area contributed by atoms with Crippen molar-refractivity contribution >= 4 is 5.97 Å². The molecule has 0 aromatic carbocycles. The van der Waals surface area contributed by atoms with E-state index in [0.29, 0.717) is 5.92 Å². The van der Waals surface area contributed by atoms with Crippen molar-refractivity contribution < 1.29 is 9.90 Å². The van der Waals surface area contributed by atoms with Gasteiger partial charge in [-0.2, -0.15) is 0 Å². The van der Waals surface area contributed by atoms with E-state index in [1.165, 1.54) is 12.8 Å². The fourth-order valence-corrected chi connectivity index (χ4v) is 2.18. The van der Waals surface area contributed by atoms with E-state index in [4.69, 9.17) is 5.11 Å². The summed E-state index contributed by atoms with van der Waals surface area (Å²) >= 11 is 0. The van der Waals surface area contributed by atoms with Crippen LogP contribution in [0.5, 0.6) is 0 Å². The van der Waals surface area contributed by atoms with E-state index in [-0.39, 0.29) is 5.69 Å². The summed E-state index contributed by atoms with van der Waals surface area (Å²) < 4.78 is 0. The summed E-state index contributed by atoms with van der Waals surface area (Å²) in [6, 6.07) is 1.57. The Balaban J connectivity index is 2.35. The van der Waals surface area contributed by atoms with Gasteiger partial charge in [-0.05, 0) is 25.3 Å². The smallest absolute Gasteiger partial charge is 0.354 e. The van der Waals surface area contributed by atoms with Crippen molar-refractivity contribution in [2.24, 2.45) is 0 Å². The van der Waals surface area contributed by atoms with Crippen LogP contribution in [0.4, 0.5) is 0 Å². The normalized spacial score (nSPS) is 16.6. The van der Waals surface area contributed by atoms with E-state index in [0.717, 1.165) is 30.8 Å². The largest absolute Gasteiger partial charge is 0.477 e. The fourth-order valence-electron chi connectivity index (χ4n) is 2.18. The van der Waals surface area contributed by atoms with Gasteiger partial charge in [0.05, 0.1) is 0 Å². The Hall–Kier alpha value is -1.45. The molecule has 0 saturated heterocycles. The Morgan fingerprint density at radius 1 is 1.44 bits per heavy atom. The number of rotatable bonds is 3. The number of carbonyl (C=O) groups is 1. The average Bonchev–Trinajstić information content (AvgIpc) is 2.81. The van der Waals surface area contributed by atoms with Crippen molar-refractivity contribution in [3.05, 3.63) is 23.3 Å². The second kappa shape index (κ2) is 4.60. The number of carboxylic acid groups (broad SMARTS) is 1. The van der Waals surface area contributed by atoms with Crippen molar-refractivity contribution in [3.63, 3.8) is 0 Å². The molecule has 1 saturated carbocycles. The molecule has 0 spiro atoms. The van der Waals surface area contributed by atoms with Gasteiger partial charge in [0.25, 0.3) is 0 Å². The zero-order chi connectivity index (χ0) is 11.5. The lowest BCUT2D eigenvalue weighted by molar-refractivity contribution is 0.0689. The lowest BCUT2D eigenvalue weighted by atomic mass is 10.1. The Morgan fingerprint density at radius 3 is 2.69 bits per heavy atom. The highest BCUT2D eigenvalue weighted by atomic mass is 16.4. The average molecular weight is 220 g/mol. The third kappa shape index (κ3) is 2.21. The van der Waals surface area contributed by atoms with Crippen LogP contribution in [0, 0.1) is 0 Å². The van der Waals surface area contributed by atoms with Crippen molar-refractivity contribution in [1.29, 1.82) is 0 Å². The summed E-state index contributed by atoms with van der Waals surface area (Å²) in [6.45, 7) is 1.98. The molecule has 1 fully saturated rings. The van der Waals surface area contributed by atoms with Crippen molar-refractivity contribution in [1.82, 2.24) is 9.97 Å². The highest BCUT2D eigenvalue weighted by Gasteiger charge is 2.21. The molecule has 0 bridgehead atoms. The highest BCUT2D eigenvalue weighted by Crippen LogP contribution is 2.32. The van der Waals surface area contributed by atoms with Gasteiger partial charge in [-0.3, -0.25) is 0 Å². The summed E-state index contributed by atoms with van der Waals surface area (Å²) in [7, 11) is 0. The SMILES string of the molecule is CCc1cc(C(=O)O)nc(C2CCCC2)n1. The molecule has 1 heterocycles. The molecule has 1 aliphatic rings. The minimum Gasteiger partial charge on any atom is -0.477 e. The van der Waals surface area contributed by atoms with E-state index in [1.807, 2.05) is 6.92 Å². The van der Waals surface area contributed by atoms with Gasteiger partial charge in [0.2, 0.25) is 0 Å². The fraction of sp³-hybridized carbons (Fsp3) is 0.583. The first-order valence-electron chi connectivity index (χ1n) is 5.82. The zero-order valence-electron chi connectivity index (χ0n) is 9.44. The van der Waals surface area contributed by atoms with Gasteiger partial charge in [-0.25, -0.2) is 14.8 Å². The number of hydrogen-bond donors (Lipinski definition) is 1. The predicted octanol–water partition coefficient (Wildman–Crippen LogP) is 2.39. The molecule has 0 unspecified atom stereocenters. The lowest BCUT2D eigenvalue weighted by Crippen LogP contribution is -2.10. The zero-order valence-corrected chi connectivity index (χ0v) is 9.44. The van der Waals surface area contributed by atoms with Gasteiger partial charge in [0.15, 0.2) is 5.69 Å². The van der Waals surface area contributed by atoms with Crippen LogP contribution in [-0.4, -0.2) is 21.0 Å². The summed E-state index contributed by atoms with van der Waals surface area (Å²) in [5.74, 6) is 0.134. The van der Waals surface area contributed by atoms with Gasteiger partial charge < -0.3 is 5.11 Å². The second-order valence-electron chi connectivity index (χ2n) is 4.24. The second-order valence-corrected chi connectivity index (χ2v) is 4.24. The Bertz CT molecular complexity index is 398. The van der Waals surface area contributed by atoms with Crippen LogP contribution in [0.2, 0.25) is 0 Å². The Morgan fingerprint density at radius 2 is 2.12 bits per heavy atom. The molecule has 1 aliphatic carbocycles. The third-order valence-corrected chi connectivity index (χ3v) is 3.10. The molecule has 1 aromatic heterocycles. The number of aryl methyl sites for hydroxylation is 1. The van der Waals surface area contributed by atoms with Crippen LogP contribution < -0.4 is 0 Å². The predicted molar refractivity (Wildman–Crippen MR) is 59.6 cm³/mol. The molecule has 2 rings (SSSR count). The van der Waals surface area contributed by atoms with Gasteiger partial charge >= 0.3 is 5.97 Å². The van der Waals surface area contributed by atoms with Crippen LogP contribution in [-0.2, 0) is 6.42 Å². The first-order chi connectivity index (χ1) is 7.70. The van der Waals surface area contributed by atoms with Crippen LogP contribution in [0.3, 0.4) is 0 Å². The molecular weight excluding hydrogens is 204 g/mol. The van der Waals surface area contributed by atoms with E-state index >= 15 is 0 Å². The molecule has 4 nitrogen and oxygen atoms in total. The van der Waals surface area contributed by atoms with Crippen molar-refractivity contribution in [3.8, 4) is 0 Å². The summed E-state index contributed by atoms with van der Waals surface area (Å²) in [5, 5.41) is 8.98. The molecular formula is C12H16N2O2. The van der Waals surface area contributed by atoms with Gasteiger partial charge in [-0.15, -0.1) is 0 Å². The molecule has 86 valence electrons. The van der Waals surface area contributed by atoms with Crippen LogP contribution in [0.25, 0.3) is 0 Å². The van der Waals surface area contributed by atoms with Crippen LogP contribution in [0.15, 0.2) is 6.07 Å². The van der Waals surface area contributed by atoms with Gasteiger partial charge in [0.1, 0.15) is 5.82 Å². The van der Waals surface area contributed by atoms with Crippen molar-refractivity contribution in [2.45, 2.75) is 44.9 Å². The first kappa shape index (κ1) is 11.0. The molecule has 1 aromatic rings. The molecule has 0 aliphatic heterocycles. The Labute approximate surface area is 94.7 Å². The molecule has 0 radical (unpaired) electrons. The minimum atomic E-state index is -0.962. The maximum atomic E-state index is 10.9. The van der Waals surface area contributed by atoms with E-state index in [1.54, 1.807) is 6.07 Å². The Kier molecular flexibility index (Phi) is 3.17. The van der Waals surface area contributed by atoms with Crippen LogP contribution in [0.1, 0.15) is 60.5 Å². The topological polar surface area (TPSA) is 63.1 Å². The first-order valence-corrected chi connectivity index (χ1v) is 5.82. The summed E-state index contributed by atoms with van der Waals surface area (Å²) in [4.78, 5) is 19.5. The van der Waals surface area contributed by atoms with Gasteiger partial charge in [0, 0.05) is 11.6 Å². The highest BCUT2D eigenvalue weighted by molar-refractivity contribution is 5.85. The molecule has 0 atom stereocenters. The molecule has 16 heavy (non-hydrogen) atoms. The number of aromatic nitrogens is 2. The van der Waals surface area contributed by atoms with Crippen LogP contribution >= 0.6 is 0 Å². The quantitative estimate of drug-likeness (QED) is 0.849. The maximum Gasteiger partial charge on any atom is 0.354 e. The third-order valence-electron chi connectivity index (χ3n) is 3.10. The van der Waals surface area contributed by atoms with E-state index < -0.39 is 5.97 Å². The number of carboxylic acids is 1. The van der Waals surface area contributed by atoms with E-state index in [9.17, 15) is 4.79 Å². The number of hydrogen-bond acceptors (Lipinski definition) is 3. The lowest BCUT2D eigenvalue weighted by Gasteiger charge is -2.09. The standard InChI is InChI=1S/C12H16N2O2/c1-2-9-7-10(12(15)16)14-11(13-9)8-5-3-4-6-8/h7-8H,2-6H2,1H3,(H,15,16). The maximum absolute atomic E-state index is 10.9. The van der Waals surface area contributed by atoms with Gasteiger partial charge in [-0.1, -0.05) is 19.8 Å². The molecule has 4 heteroatoms. The monoisotopic (exact) mass is 220 g/mol. The summed E-state index contributed by atoms with van der Waals surface area (Å²) in [5.41, 5.74) is 0.961. The van der Waals surface area contributed by atoms with Crippen molar-refractivity contribution in [2.75, 3.05) is 0 Å². The molecule has 1 N–H and O–H groups in total. The van der Waals surface area contributed by atoms with E-state index in [2.05, 4.69) is 9.97 Å². The number of nitrogens with zero attached hydrogens (tertiary/aromatic N) is 2. The number of aromatic carboxylic acids is 1. The summed E-state index contributed by atoms with van der Waals surface area (Å²) in [6.07, 6.45) is 5.33.